The molecule has 0 saturated carbocycles. The van der Waals surface area contributed by atoms with Crippen LogP contribution in [0.15, 0.2) is 42.5 Å². The second-order valence-electron chi connectivity index (χ2n) is 4.88. The minimum atomic E-state index is -0.287. The fourth-order valence-electron chi connectivity index (χ4n) is 2.43. The van der Waals surface area contributed by atoms with Gasteiger partial charge in [-0.1, -0.05) is 41.9 Å². The van der Waals surface area contributed by atoms with Gasteiger partial charge in [-0.15, -0.1) is 0 Å². The Balaban J connectivity index is 2.39. The summed E-state index contributed by atoms with van der Waals surface area (Å²) in [7, 11) is 0. The molecule has 3 rings (SSSR count). The van der Waals surface area contributed by atoms with E-state index in [4.69, 9.17) is 16.6 Å². The molecule has 0 spiro atoms. The number of halogens is 2. The third kappa shape index (κ3) is 2.06. The van der Waals surface area contributed by atoms with Crippen molar-refractivity contribution in [1.29, 1.82) is 0 Å². The van der Waals surface area contributed by atoms with Crippen molar-refractivity contribution in [3.8, 4) is 11.3 Å². The summed E-state index contributed by atoms with van der Waals surface area (Å²) in [5.74, 6) is -0.287. The average molecular weight is 286 g/mol. The minimum Gasteiger partial charge on any atom is -0.247 e. The molecule has 1 aromatic heterocycles. The highest BCUT2D eigenvalue weighted by Crippen LogP contribution is 2.34. The normalized spacial score (nSPS) is 11.0. The van der Waals surface area contributed by atoms with Crippen molar-refractivity contribution in [1.82, 2.24) is 4.98 Å². The summed E-state index contributed by atoms with van der Waals surface area (Å²) >= 11 is 6.42. The predicted octanol–water partition coefficient (Wildman–Crippen LogP) is 5.31. The molecule has 0 radical (unpaired) electrons. The molecule has 0 fully saturated rings. The number of rotatable bonds is 1. The van der Waals surface area contributed by atoms with Gasteiger partial charge in [-0.2, -0.15) is 0 Å². The highest BCUT2D eigenvalue weighted by atomic mass is 35.5. The van der Waals surface area contributed by atoms with Crippen LogP contribution in [0.1, 0.15) is 11.1 Å². The molecule has 0 bridgehead atoms. The van der Waals surface area contributed by atoms with E-state index < -0.39 is 0 Å². The van der Waals surface area contributed by atoms with Crippen LogP contribution >= 0.6 is 11.6 Å². The van der Waals surface area contributed by atoms with Gasteiger partial charge in [0.05, 0.1) is 16.2 Å². The van der Waals surface area contributed by atoms with Gasteiger partial charge in [-0.25, -0.2) is 9.37 Å². The van der Waals surface area contributed by atoms with E-state index in [0.717, 1.165) is 27.9 Å². The van der Waals surface area contributed by atoms with E-state index in [9.17, 15) is 4.39 Å². The monoisotopic (exact) mass is 285 g/mol. The fourth-order valence-corrected chi connectivity index (χ4v) is 2.66. The van der Waals surface area contributed by atoms with E-state index in [0.29, 0.717) is 10.4 Å². The first-order valence-corrected chi connectivity index (χ1v) is 6.77. The smallest absolute Gasteiger partial charge is 0.124 e. The molecule has 3 heteroatoms. The summed E-state index contributed by atoms with van der Waals surface area (Å²) in [6.45, 7) is 3.76. The molecule has 0 atom stereocenters. The van der Waals surface area contributed by atoms with E-state index in [2.05, 4.69) is 0 Å². The first-order chi connectivity index (χ1) is 9.58. The Morgan fingerprint density at radius 1 is 1.05 bits per heavy atom. The zero-order chi connectivity index (χ0) is 14.3. The topological polar surface area (TPSA) is 12.9 Å². The molecule has 0 aliphatic rings. The van der Waals surface area contributed by atoms with E-state index in [1.807, 2.05) is 44.2 Å². The second kappa shape index (κ2) is 4.88. The Hall–Kier alpha value is -1.93. The van der Waals surface area contributed by atoms with Crippen LogP contribution in [0.4, 0.5) is 4.39 Å². The maximum absolute atomic E-state index is 13.5. The van der Waals surface area contributed by atoms with Crippen LogP contribution in [-0.4, -0.2) is 4.98 Å². The first-order valence-electron chi connectivity index (χ1n) is 6.39. The van der Waals surface area contributed by atoms with Gasteiger partial charge in [0.2, 0.25) is 0 Å². The standard InChI is InChI=1S/C17H13ClFN/c1-10-8-13(19)9-14-15(18)11(2)17(20-16(10)14)12-6-4-3-5-7-12/h3-9H,1-2H3. The highest BCUT2D eigenvalue weighted by molar-refractivity contribution is 6.36. The van der Waals surface area contributed by atoms with Crippen molar-refractivity contribution in [2.24, 2.45) is 0 Å². The highest BCUT2D eigenvalue weighted by Gasteiger charge is 2.14. The Morgan fingerprint density at radius 2 is 1.75 bits per heavy atom. The number of pyridine rings is 1. The fraction of sp³-hybridized carbons (Fsp3) is 0.118. The molecule has 0 aliphatic carbocycles. The van der Waals surface area contributed by atoms with Crippen LogP contribution in [0.3, 0.4) is 0 Å². The van der Waals surface area contributed by atoms with Crippen molar-refractivity contribution < 1.29 is 4.39 Å². The van der Waals surface area contributed by atoms with Crippen LogP contribution in [0.5, 0.6) is 0 Å². The molecule has 2 aromatic carbocycles. The Labute approximate surface area is 122 Å². The number of hydrogen-bond donors (Lipinski definition) is 0. The Kier molecular flexibility index (Phi) is 3.19. The van der Waals surface area contributed by atoms with Crippen LogP contribution in [0, 0.1) is 19.7 Å². The molecule has 0 amide bonds. The van der Waals surface area contributed by atoms with Gasteiger partial charge in [0.25, 0.3) is 0 Å². The lowest BCUT2D eigenvalue weighted by atomic mass is 10.0. The van der Waals surface area contributed by atoms with Gasteiger partial charge in [0.1, 0.15) is 5.82 Å². The zero-order valence-corrected chi connectivity index (χ0v) is 12.0. The van der Waals surface area contributed by atoms with Gasteiger partial charge < -0.3 is 0 Å². The molecular formula is C17H13ClFN. The molecule has 1 nitrogen and oxygen atoms in total. The summed E-state index contributed by atoms with van der Waals surface area (Å²) < 4.78 is 13.5. The van der Waals surface area contributed by atoms with Crippen molar-refractivity contribution >= 4 is 22.5 Å². The Bertz CT molecular complexity index is 797. The summed E-state index contributed by atoms with van der Waals surface area (Å²) in [5.41, 5.74) is 4.27. The van der Waals surface area contributed by atoms with Crippen LogP contribution < -0.4 is 0 Å². The molecule has 0 unspecified atom stereocenters. The van der Waals surface area contributed by atoms with Gasteiger partial charge >= 0.3 is 0 Å². The molecular weight excluding hydrogens is 273 g/mol. The second-order valence-corrected chi connectivity index (χ2v) is 5.26. The third-order valence-electron chi connectivity index (χ3n) is 3.46. The summed E-state index contributed by atoms with van der Waals surface area (Å²) in [5, 5.41) is 1.23. The summed E-state index contributed by atoms with van der Waals surface area (Å²) in [4.78, 5) is 4.70. The van der Waals surface area contributed by atoms with E-state index in [1.165, 1.54) is 12.1 Å². The number of nitrogens with zero attached hydrogens (tertiary/aromatic N) is 1. The summed E-state index contributed by atoms with van der Waals surface area (Å²) in [6, 6.07) is 12.8. The van der Waals surface area contributed by atoms with Gasteiger partial charge in [0, 0.05) is 10.9 Å². The van der Waals surface area contributed by atoms with Crippen molar-refractivity contribution in [3.63, 3.8) is 0 Å². The lowest BCUT2D eigenvalue weighted by molar-refractivity contribution is 0.628. The molecule has 0 saturated heterocycles. The quantitative estimate of drug-likeness (QED) is 0.590. The third-order valence-corrected chi connectivity index (χ3v) is 3.94. The molecule has 100 valence electrons. The van der Waals surface area contributed by atoms with E-state index >= 15 is 0 Å². The maximum Gasteiger partial charge on any atom is 0.124 e. The van der Waals surface area contributed by atoms with E-state index in [1.54, 1.807) is 0 Å². The van der Waals surface area contributed by atoms with Crippen molar-refractivity contribution in [2.45, 2.75) is 13.8 Å². The minimum absolute atomic E-state index is 0.287. The van der Waals surface area contributed by atoms with Crippen LogP contribution in [0.2, 0.25) is 5.02 Å². The van der Waals surface area contributed by atoms with Crippen LogP contribution in [0.25, 0.3) is 22.2 Å². The number of benzene rings is 2. The zero-order valence-electron chi connectivity index (χ0n) is 11.2. The SMILES string of the molecule is Cc1c(-c2ccccc2)nc2c(C)cc(F)cc2c1Cl. The lowest BCUT2D eigenvalue weighted by Gasteiger charge is -2.12. The lowest BCUT2D eigenvalue weighted by Crippen LogP contribution is -1.95. The van der Waals surface area contributed by atoms with Crippen molar-refractivity contribution in [3.05, 3.63) is 64.4 Å². The predicted molar refractivity (Wildman–Crippen MR) is 81.6 cm³/mol. The van der Waals surface area contributed by atoms with Gasteiger partial charge in [-0.05, 0) is 37.1 Å². The molecule has 1 heterocycles. The Morgan fingerprint density at radius 3 is 2.45 bits per heavy atom. The number of aryl methyl sites for hydroxylation is 1. The number of hydrogen-bond acceptors (Lipinski definition) is 1. The van der Waals surface area contributed by atoms with Gasteiger partial charge in [-0.3, -0.25) is 0 Å². The maximum atomic E-state index is 13.5. The molecule has 0 N–H and O–H groups in total. The molecule has 20 heavy (non-hydrogen) atoms. The van der Waals surface area contributed by atoms with E-state index in [-0.39, 0.29) is 5.82 Å². The van der Waals surface area contributed by atoms with Gasteiger partial charge in [0.15, 0.2) is 0 Å². The molecule has 3 aromatic rings. The first kappa shape index (κ1) is 13.1. The summed E-state index contributed by atoms with van der Waals surface area (Å²) in [6.07, 6.45) is 0. The number of aromatic nitrogens is 1. The van der Waals surface area contributed by atoms with Crippen LogP contribution in [-0.2, 0) is 0 Å². The average Bonchev–Trinajstić information content (AvgIpc) is 2.44. The molecule has 0 aliphatic heterocycles. The van der Waals surface area contributed by atoms with Crippen molar-refractivity contribution in [2.75, 3.05) is 0 Å². The largest absolute Gasteiger partial charge is 0.247 e. The number of fused-ring (bicyclic) bond motifs is 1.